The summed E-state index contributed by atoms with van der Waals surface area (Å²) in [6, 6.07) is 23.5. The van der Waals surface area contributed by atoms with Crippen molar-refractivity contribution in [1.29, 1.82) is 0 Å². The summed E-state index contributed by atoms with van der Waals surface area (Å²) < 4.78 is 0. The first-order valence-corrected chi connectivity index (χ1v) is 14.8. The molecular formula is C36H42N2O4. The Balaban J connectivity index is 1.47. The molecule has 0 radical (unpaired) electrons. The summed E-state index contributed by atoms with van der Waals surface area (Å²) in [7, 11) is 0. The van der Waals surface area contributed by atoms with Gasteiger partial charge >= 0.3 is 0 Å². The van der Waals surface area contributed by atoms with Crippen LogP contribution in [0.3, 0.4) is 0 Å². The Morgan fingerprint density at radius 3 is 1.40 bits per heavy atom. The van der Waals surface area contributed by atoms with Gasteiger partial charge in [-0.25, -0.2) is 0 Å². The molecule has 220 valence electrons. The number of aliphatic hydroxyl groups is 2. The standard InChI is InChI=1S/C36H42N2O4/c1-7-37(8-2)25-11-13-27(31(39)19-25)33-35(41)34(36(33)42)28-14-12-26(20-32(28)40)38(29-15-9-21(3)17-23(29)5)30-16-10-22(4)18-24(30)6/h9-20,33-36,39-42H,7-8H2,1-6H3/t33?,34?,35-,36?/m0/s1. The molecule has 4 aromatic rings. The number of hydrogen-bond acceptors (Lipinski definition) is 6. The number of phenols is 2. The van der Waals surface area contributed by atoms with Crippen LogP contribution in [0.25, 0.3) is 0 Å². The predicted molar refractivity (Wildman–Crippen MR) is 171 cm³/mol. The summed E-state index contributed by atoms with van der Waals surface area (Å²) in [5, 5.41) is 44.5. The van der Waals surface area contributed by atoms with Gasteiger partial charge in [-0.05, 0) is 76.9 Å². The fourth-order valence-electron chi connectivity index (χ4n) is 6.51. The van der Waals surface area contributed by atoms with Gasteiger partial charge in [0.25, 0.3) is 0 Å². The second-order valence-electron chi connectivity index (χ2n) is 11.6. The van der Waals surface area contributed by atoms with Crippen molar-refractivity contribution >= 4 is 22.7 Å². The minimum Gasteiger partial charge on any atom is -0.508 e. The molecule has 0 aliphatic heterocycles. The number of hydrogen-bond donors (Lipinski definition) is 4. The first-order chi connectivity index (χ1) is 20.0. The summed E-state index contributed by atoms with van der Waals surface area (Å²) in [5.74, 6) is -1.27. The minimum atomic E-state index is -0.961. The SMILES string of the molecule is CCN(CC)c1ccc(C2C(O)C(c3ccc(N(c4ccc(C)cc4C)c4ccc(C)cc4C)cc3O)[C@H]2O)c(O)c1. The average molecular weight is 567 g/mol. The summed E-state index contributed by atoms with van der Waals surface area (Å²) >= 11 is 0. The number of nitrogens with zero attached hydrogens (tertiary/aromatic N) is 2. The van der Waals surface area contributed by atoms with Gasteiger partial charge in [0.2, 0.25) is 0 Å². The van der Waals surface area contributed by atoms with Crippen LogP contribution >= 0.6 is 0 Å². The Hall–Kier alpha value is -4.00. The average Bonchev–Trinajstić information content (AvgIpc) is 2.94. The molecule has 0 heterocycles. The van der Waals surface area contributed by atoms with Crippen molar-refractivity contribution in [3.8, 4) is 11.5 Å². The van der Waals surface area contributed by atoms with E-state index >= 15 is 0 Å². The zero-order chi connectivity index (χ0) is 30.3. The Morgan fingerprint density at radius 1 is 0.571 bits per heavy atom. The van der Waals surface area contributed by atoms with Crippen LogP contribution in [0.1, 0.15) is 59.1 Å². The fourth-order valence-corrected chi connectivity index (χ4v) is 6.51. The number of anilines is 4. The molecule has 3 unspecified atom stereocenters. The van der Waals surface area contributed by atoms with Gasteiger partial charge in [0, 0.05) is 70.9 Å². The van der Waals surface area contributed by atoms with Gasteiger partial charge in [0.05, 0.1) is 12.2 Å². The number of aromatic hydroxyl groups is 2. The molecule has 0 saturated heterocycles. The molecule has 42 heavy (non-hydrogen) atoms. The quantitative estimate of drug-likeness (QED) is 0.180. The maximum atomic E-state index is 11.3. The highest BCUT2D eigenvalue weighted by atomic mass is 16.3. The molecule has 0 aromatic heterocycles. The minimum absolute atomic E-state index is 0.00897. The van der Waals surface area contributed by atoms with Gasteiger partial charge < -0.3 is 30.2 Å². The number of aryl methyl sites for hydroxylation is 4. The molecule has 5 rings (SSSR count). The normalized spacial score (nSPS) is 19.8. The highest BCUT2D eigenvalue weighted by Crippen LogP contribution is 2.53. The molecule has 1 saturated carbocycles. The smallest absolute Gasteiger partial charge is 0.121 e. The Kier molecular flexibility index (Phi) is 8.22. The third-order valence-electron chi connectivity index (χ3n) is 8.79. The molecule has 0 amide bonds. The lowest BCUT2D eigenvalue weighted by molar-refractivity contribution is -0.0797. The van der Waals surface area contributed by atoms with E-state index in [0.717, 1.165) is 47.0 Å². The van der Waals surface area contributed by atoms with Gasteiger partial charge in [0.15, 0.2) is 0 Å². The predicted octanol–water partition coefficient (Wildman–Crippen LogP) is 7.25. The summed E-state index contributed by atoms with van der Waals surface area (Å²) in [4.78, 5) is 4.26. The van der Waals surface area contributed by atoms with E-state index in [0.29, 0.717) is 11.1 Å². The van der Waals surface area contributed by atoms with E-state index in [-0.39, 0.29) is 11.5 Å². The van der Waals surface area contributed by atoms with E-state index in [1.807, 2.05) is 12.1 Å². The molecule has 0 spiro atoms. The Bertz CT molecular complexity index is 1530. The van der Waals surface area contributed by atoms with Crippen molar-refractivity contribution in [3.63, 3.8) is 0 Å². The monoisotopic (exact) mass is 566 g/mol. The topological polar surface area (TPSA) is 87.4 Å². The van der Waals surface area contributed by atoms with Crippen LogP contribution in [0.4, 0.5) is 22.7 Å². The van der Waals surface area contributed by atoms with Crippen molar-refractivity contribution < 1.29 is 20.4 Å². The fraction of sp³-hybridized carbons (Fsp3) is 0.333. The molecular weight excluding hydrogens is 524 g/mol. The van der Waals surface area contributed by atoms with E-state index in [1.54, 1.807) is 24.3 Å². The number of benzene rings is 4. The molecule has 4 atom stereocenters. The largest absolute Gasteiger partial charge is 0.508 e. The van der Waals surface area contributed by atoms with E-state index in [9.17, 15) is 20.4 Å². The lowest BCUT2D eigenvalue weighted by Crippen LogP contribution is -2.51. The van der Waals surface area contributed by atoms with Gasteiger partial charge in [-0.2, -0.15) is 0 Å². The van der Waals surface area contributed by atoms with Crippen molar-refractivity contribution in [2.45, 2.75) is 65.6 Å². The molecule has 6 heteroatoms. The lowest BCUT2D eigenvalue weighted by Gasteiger charge is -2.47. The van der Waals surface area contributed by atoms with Crippen LogP contribution in [-0.2, 0) is 0 Å². The summed E-state index contributed by atoms with van der Waals surface area (Å²) in [5.41, 5.74) is 9.24. The van der Waals surface area contributed by atoms with Crippen LogP contribution in [0.15, 0.2) is 72.8 Å². The van der Waals surface area contributed by atoms with Crippen LogP contribution in [0, 0.1) is 27.7 Å². The molecule has 1 aliphatic rings. The first-order valence-electron chi connectivity index (χ1n) is 14.8. The summed E-state index contributed by atoms with van der Waals surface area (Å²) in [6.07, 6.45) is -1.92. The third kappa shape index (κ3) is 5.21. The number of aliphatic hydroxyl groups excluding tert-OH is 2. The molecule has 4 N–H and O–H groups in total. The van der Waals surface area contributed by atoms with Crippen molar-refractivity contribution in [2.24, 2.45) is 0 Å². The highest BCUT2D eigenvalue weighted by Gasteiger charge is 2.52. The maximum Gasteiger partial charge on any atom is 0.121 e. The van der Waals surface area contributed by atoms with Crippen molar-refractivity contribution in [1.82, 2.24) is 0 Å². The second kappa shape index (κ2) is 11.7. The van der Waals surface area contributed by atoms with Crippen LogP contribution in [0.5, 0.6) is 11.5 Å². The lowest BCUT2D eigenvalue weighted by atomic mass is 9.63. The van der Waals surface area contributed by atoms with E-state index in [1.165, 1.54) is 11.1 Å². The Labute approximate surface area is 249 Å². The maximum absolute atomic E-state index is 11.3. The van der Waals surface area contributed by atoms with Crippen molar-refractivity contribution in [3.05, 3.63) is 106 Å². The van der Waals surface area contributed by atoms with Gasteiger partial charge in [-0.15, -0.1) is 0 Å². The molecule has 1 aliphatic carbocycles. The van der Waals surface area contributed by atoms with Crippen molar-refractivity contribution in [2.75, 3.05) is 22.9 Å². The second-order valence-corrected chi connectivity index (χ2v) is 11.6. The zero-order valence-electron chi connectivity index (χ0n) is 25.3. The number of phenolic OH excluding ortho intramolecular Hbond substituents is 2. The van der Waals surface area contributed by atoms with Gasteiger partial charge in [-0.1, -0.05) is 47.5 Å². The molecule has 1 fully saturated rings. The van der Waals surface area contributed by atoms with Gasteiger partial charge in [-0.3, -0.25) is 0 Å². The molecule has 0 bridgehead atoms. The molecule has 6 nitrogen and oxygen atoms in total. The highest BCUT2D eigenvalue weighted by molar-refractivity contribution is 5.81. The number of rotatable bonds is 8. The summed E-state index contributed by atoms with van der Waals surface area (Å²) in [6.45, 7) is 14.0. The van der Waals surface area contributed by atoms with Crippen LogP contribution in [-0.4, -0.2) is 45.7 Å². The third-order valence-corrected chi connectivity index (χ3v) is 8.79. The van der Waals surface area contributed by atoms with Crippen LogP contribution in [0.2, 0.25) is 0 Å². The van der Waals surface area contributed by atoms with E-state index in [4.69, 9.17) is 0 Å². The Morgan fingerprint density at radius 2 is 1.00 bits per heavy atom. The van der Waals surface area contributed by atoms with Crippen LogP contribution < -0.4 is 9.80 Å². The zero-order valence-corrected chi connectivity index (χ0v) is 25.3. The van der Waals surface area contributed by atoms with E-state index in [2.05, 4.69) is 87.7 Å². The first kappa shape index (κ1) is 29.5. The molecule has 4 aromatic carbocycles. The van der Waals surface area contributed by atoms with Gasteiger partial charge in [0.1, 0.15) is 11.5 Å². The van der Waals surface area contributed by atoms with E-state index < -0.39 is 24.0 Å².